The van der Waals surface area contributed by atoms with E-state index in [1.165, 1.54) is 18.4 Å². The molecule has 1 N–H and O–H groups in total. The van der Waals surface area contributed by atoms with Gasteiger partial charge in [-0.2, -0.15) is 5.10 Å². The van der Waals surface area contributed by atoms with Gasteiger partial charge in [0.15, 0.2) is 0 Å². The molecule has 0 saturated heterocycles. The van der Waals surface area contributed by atoms with Gasteiger partial charge in [-0.15, -0.1) is 5.10 Å². The second-order valence-electron chi connectivity index (χ2n) is 3.83. The lowest BCUT2D eigenvalue weighted by molar-refractivity contribution is 0.521. The molecule has 7 nitrogen and oxygen atoms in total. The van der Waals surface area contributed by atoms with Crippen LogP contribution in [0, 0.1) is 13.8 Å². The Morgan fingerprint density at radius 1 is 1.18 bits per heavy atom. The molecular formula is C9H17N5O2S. The van der Waals surface area contributed by atoms with Crippen LogP contribution >= 0.6 is 0 Å². The van der Waals surface area contributed by atoms with Crippen molar-refractivity contribution >= 4 is 16.0 Å². The van der Waals surface area contributed by atoms with Crippen LogP contribution < -0.4 is 5.32 Å². The largest absolute Gasteiger partial charge is 0.352 e. The van der Waals surface area contributed by atoms with E-state index in [9.17, 15) is 8.42 Å². The lowest BCUT2D eigenvalue weighted by Gasteiger charge is -2.11. The highest BCUT2D eigenvalue weighted by Crippen LogP contribution is 2.02. The van der Waals surface area contributed by atoms with Crippen LogP contribution in [0.4, 0.5) is 5.95 Å². The highest BCUT2D eigenvalue weighted by atomic mass is 32.2. The minimum absolute atomic E-state index is 0.00369. The Kier molecular flexibility index (Phi) is 4.35. The zero-order valence-electron chi connectivity index (χ0n) is 10.4. The van der Waals surface area contributed by atoms with Crippen molar-refractivity contribution in [3.8, 4) is 0 Å². The predicted molar refractivity (Wildman–Crippen MR) is 65.3 cm³/mol. The number of nitrogens with zero attached hydrogens (tertiary/aromatic N) is 4. The number of anilines is 1. The summed E-state index contributed by atoms with van der Waals surface area (Å²) in [6, 6.07) is 0. The molecule has 0 fully saturated rings. The van der Waals surface area contributed by atoms with Crippen molar-refractivity contribution in [1.29, 1.82) is 0 Å². The molecule has 0 aliphatic heterocycles. The van der Waals surface area contributed by atoms with Crippen LogP contribution in [-0.2, 0) is 10.0 Å². The highest BCUT2D eigenvalue weighted by molar-refractivity contribution is 7.89. The predicted octanol–water partition coefficient (Wildman–Crippen LogP) is -0.208. The highest BCUT2D eigenvalue weighted by Gasteiger charge is 2.13. The van der Waals surface area contributed by atoms with E-state index < -0.39 is 10.0 Å². The summed E-state index contributed by atoms with van der Waals surface area (Å²) < 4.78 is 24.1. The van der Waals surface area contributed by atoms with Crippen LogP contribution in [0.2, 0.25) is 0 Å². The van der Waals surface area contributed by atoms with Gasteiger partial charge in [0.1, 0.15) is 0 Å². The molecule has 0 aliphatic carbocycles. The molecule has 0 saturated carbocycles. The van der Waals surface area contributed by atoms with Crippen LogP contribution in [0.5, 0.6) is 0 Å². The Labute approximate surface area is 101 Å². The van der Waals surface area contributed by atoms with Crippen molar-refractivity contribution in [2.24, 2.45) is 0 Å². The van der Waals surface area contributed by atoms with Gasteiger partial charge in [-0.1, -0.05) is 0 Å². The van der Waals surface area contributed by atoms with Crippen molar-refractivity contribution < 1.29 is 8.42 Å². The number of hydrogen-bond donors (Lipinski definition) is 1. The smallest absolute Gasteiger partial charge is 0.242 e. The SMILES string of the molecule is Cc1nnc(NCCS(=O)(=O)N(C)C)nc1C. The molecule has 1 aromatic heterocycles. The van der Waals surface area contributed by atoms with Crippen molar-refractivity contribution in [2.45, 2.75) is 13.8 Å². The quantitative estimate of drug-likeness (QED) is 0.787. The number of sulfonamides is 1. The van der Waals surface area contributed by atoms with Crippen molar-refractivity contribution in [1.82, 2.24) is 19.5 Å². The van der Waals surface area contributed by atoms with Gasteiger partial charge in [0.2, 0.25) is 16.0 Å². The molecule has 0 radical (unpaired) electrons. The molecule has 96 valence electrons. The first-order valence-corrected chi connectivity index (χ1v) is 6.76. The summed E-state index contributed by atoms with van der Waals surface area (Å²) in [5.41, 5.74) is 1.54. The molecule has 1 rings (SSSR count). The third-order valence-electron chi connectivity index (χ3n) is 2.29. The molecule has 1 aromatic rings. The molecule has 17 heavy (non-hydrogen) atoms. The van der Waals surface area contributed by atoms with Gasteiger partial charge in [0, 0.05) is 20.6 Å². The van der Waals surface area contributed by atoms with E-state index in [1.807, 2.05) is 13.8 Å². The Morgan fingerprint density at radius 2 is 1.82 bits per heavy atom. The van der Waals surface area contributed by atoms with Crippen LogP contribution in [-0.4, -0.2) is 54.3 Å². The van der Waals surface area contributed by atoms with Crippen molar-refractivity contribution in [2.75, 3.05) is 31.7 Å². The van der Waals surface area contributed by atoms with Crippen LogP contribution in [0.25, 0.3) is 0 Å². The fraction of sp³-hybridized carbons (Fsp3) is 0.667. The van der Waals surface area contributed by atoms with E-state index in [0.29, 0.717) is 5.95 Å². The van der Waals surface area contributed by atoms with E-state index in [-0.39, 0.29) is 12.3 Å². The summed E-state index contributed by atoms with van der Waals surface area (Å²) in [7, 11) is -0.185. The molecule has 0 unspecified atom stereocenters. The zero-order valence-corrected chi connectivity index (χ0v) is 11.2. The summed E-state index contributed by atoms with van der Waals surface area (Å²) >= 11 is 0. The number of aryl methyl sites for hydroxylation is 2. The van der Waals surface area contributed by atoms with Gasteiger partial charge >= 0.3 is 0 Å². The summed E-state index contributed by atoms with van der Waals surface area (Å²) in [6.45, 7) is 3.89. The van der Waals surface area contributed by atoms with Crippen molar-refractivity contribution in [3.05, 3.63) is 11.4 Å². The molecule has 0 aliphatic rings. The third kappa shape index (κ3) is 3.90. The summed E-state index contributed by atoms with van der Waals surface area (Å²) in [5.74, 6) is 0.345. The maximum Gasteiger partial charge on any atom is 0.242 e. The maximum absolute atomic E-state index is 11.5. The summed E-state index contributed by atoms with van der Waals surface area (Å²) in [5, 5.41) is 10.5. The second-order valence-corrected chi connectivity index (χ2v) is 6.13. The molecule has 0 aromatic carbocycles. The minimum Gasteiger partial charge on any atom is -0.352 e. The average Bonchev–Trinajstić information content (AvgIpc) is 2.23. The Hall–Kier alpha value is -1.28. The fourth-order valence-electron chi connectivity index (χ4n) is 1.01. The van der Waals surface area contributed by atoms with Crippen LogP contribution in [0.15, 0.2) is 0 Å². The zero-order chi connectivity index (χ0) is 13.1. The van der Waals surface area contributed by atoms with E-state index in [4.69, 9.17) is 0 Å². The summed E-state index contributed by atoms with van der Waals surface area (Å²) in [6.07, 6.45) is 0. The first-order valence-electron chi connectivity index (χ1n) is 5.15. The number of nitrogens with one attached hydrogen (secondary N) is 1. The Balaban J connectivity index is 2.55. The topological polar surface area (TPSA) is 88.1 Å². The molecule has 0 spiro atoms. The van der Waals surface area contributed by atoms with E-state index in [0.717, 1.165) is 11.4 Å². The lowest BCUT2D eigenvalue weighted by atomic mass is 10.4. The van der Waals surface area contributed by atoms with E-state index in [1.54, 1.807) is 0 Å². The normalized spacial score (nSPS) is 11.8. The number of aromatic nitrogens is 3. The molecule has 8 heteroatoms. The molecule has 0 atom stereocenters. The van der Waals surface area contributed by atoms with Gasteiger partial charge in [0.25, 0.3) is 0 Å². The molecule has 0 bridgehead atoms. The van der Waals surface area contributed by atoms with Crippen LogP contribution in [0.1, 0.15) is 11.4 Å². The van der Waals surface area contributed by atoms with Gasteiger partial charge in [-0.3, -0.25) is 0 Å². The maximum atomic E-state index is 11.5. The standard InChI is InChI=1S/C9H17N5O2S/c1-7-8(2)12-13-9(11-7)10-5-6-17(15,16)14(3)4/h5-6H2,1-4H3,(H,10,11,13). The Morgan fingerprint density at radius 3 is 2.35 bits per heavy atom. The fourth-order valence-corrected chi connectivity index (χ4v) is 1.73. The second kappa shape index (κ2) is 5.37. The van der Waals surface area contributed by atoms with Gasteiger partial charge < -0.3 is 5.32 Å². The average molecular weight is 259 g/mol. The first kappa shape index (κ1) is 13.8. The molecular weight excluding hydrogens is 242 g/mol. The monoisotopic (exact) mass is 259 g/mol. The number of hydrogen-bond acceptors (Lipinski definition) is 6. The van der Waals surface area contributed by atoms with Gasteiger partial charge in [0.05, 0.1) is 17.1 Å². The van der Waals surface area contributed by atoms with E-state index in [2.05, 4.69) is 20.5 Å². The molecule has 0 amide bonds. The van der Waals surface area contributed by atoms with E-state index >= 15 is 0 Å². The lowest BCUT2D eigenvalue weighted by Crippen LogP contribution is -2.28. The first-order chi connectivity index (χ1) is 7.83. The van der Waals surface area contributed by atoms with Crippen molar-refractivity contribution in [3.63, 3.8) is 0 Å². The molecule has 1 heterocycles. The summed E-state index contributed by atoms with van der Waals surface area (Å²) in [4.78, 5) is 4.14. The van der Waals surface area contributed by atoms with Gasteiger partial charge in [-0.05, 0) is 13.8 Å². The van der Waals surface area contributed by atoms with Crippen LogP contribution in [0.3, 0.4) is 0 Å². The Bertz CT molecular complexity index is 486. The third-order valence-corrected chi connectivity index (χ3v) is 4.12. The van der Waals surface area contributed by atoms with Gasteiger partial charge in [-0.25, -0.2) is 17.7 Å². The minimum atomic E-state index is -3.19. The number of rotatable bonds is 5.